The lowest BCUT2D eigenvalue weighted by Gasteiger charge is -2.11. The number of hydrogen-bond acceptors (Lipinski definition) is 6. The first kappa shape index (κ1) is 18.5. The van der Waals surface area contributed by atoms with Crippen molar-refractivity contribution in [1.29, 1.82) is 0 Å². The number of amides is 1. The number of benzene rings is 2. The number of carbonyl (C=O) groups is 1. The third-order valence-corrected chi connectivity index (χ3v) is 3.91. The van der Waals surface area contributed by atoms with E-state index in [-0.39, 0.29) is 11.6 Å². The fourth-order valence-corrected chi connectivity index (χ4v) is 2.47. The van der Waals surface area contributed by atoms with Gasteiger partial charge in [-0.05, 0) is 36.4 Å². The van der Waals surface area contributed by atoms with Gasteiger partial charge in [-0.15, -0.1) is 0 Å². The number of aromatic nitrogens is 2. The summed E-state index contributed by atoms with van der Waals surface area (Å²) in [6.45, 7) is 0. The summed E-state index contributed by atoms with van der Waals surface area (Å²) in [7, 11) is 3.13. The summed E-state index contributed by atoms with van der Waals surface area (Å²) < 4.78 is 10.5. The van der Waals surface area contributed by atoms with Gasteiger partial charge >= 0.3 is 0 Å². The summed E-state index contributed by atoms with van der Waals surface area (Å²) in [5.74, 6) is 1.32. The van der Waals surface area contributed by atoms with Crippen molar-refractivity contribution in [2.75, 3.05) is 24.9 Å². The molecule has 0 aliphatic carbocycles. The van der Waals surface area contributed by atoms with E-state index in [1.807, 2.05) is 6.07 Å². The van der Waals surface area contributed by atoms with Gasteiger partial charge in [-0.3, -0.25) is 4.79 Å². The van der Waals surface area contributed by atoms with Crippen molar-refractivity contribution in [3.63, 3.8) is 0 Å². The van der Waals surface area contributed by atoms with Gasteiger partial charge in [-0.25, -0.2) is 9.97 Å². The Bertz CT molecular complexity index is 948. The van der Waals surface area contributed by atoms with Gasteiger partial charge in [0.05, 0.1) is 14.2 Å². The molecule has 1 aromatic heterocycles. The number of hydrogen-bond donors (Lipinski definition) is 2. The van der Waals surface area contributed by atoms with E-state index in [0.29, 0.717) is 28.0 Å². The zero-order chi connectivity index (χ0) is 19.2. The first-order valence-corrected chi connectivity index (χ1v) is 8.35. The monoisotopic (exact) mass is 384 g/mol. The Morgan fingerprint density at radius 2 is 1.63 bits per heavy atom. The molecule has 7 nitrogen and oxygen atoms in total. The molecule has 8 heteroatoms. The van der Waals surface area contributed by atoms with Crippen molar-refractivity contribution < 1.29 is 14.3 Å². The highest BCUT2D eigenvalue weighted by Gasteiger charge is 2.10. The molecule has 0 aliphatic rings. The minimum Gasteiger partial charge on any atom is -0.493 e. The highest BCUT2D eigenvalue weighted by Crippen LogP contribution is 2.30. The predicted octanol–water partition coefficient (Wildman–Crippen LogP) is 4.14. The molecule has 0 spiro atoms. The maximum absolute atomic E-state index is 12.4. The largest absolute Gasteiger partial charge is 0.493 e. The molecule has 1 amide bonds. The molecule has 2 N–H and O–H groups in total. The van der Waals surface area contributed by atoms with E-state index in [2.05, 4.69) is 20.6 Å². The second kappa shape index (κ2) is 8.37. The summed E-state index contributed by atoms with van der Waals surface area (Å²) in [5, 5.41) is 6.46. The van der Waals surface area contributed by atoms with Crippen LogP contribution in [-0.4, -0.2) is 30.1 Å². The molecule has 0 saturated carbocycles. The van der Waals surface area contributed by atoms with Gasteiger partial charge in [-0.1, -0.05) is 11.6 Å². The van der Waals surface area contributed by atoms with E-state index >= 15 is 0 Å². The Morgan fingerprint density at radius 3 is 2.33 bits per heavy atom. The highest BCUT2D eigenvalue weighted by molar-refractivity contribution is 6.30. The molecule has 1 heterocycles. The van der Waals surface area contributed by atoms with Crippen molar-refractivity contribution in [3.8, 4) is 11.5 Å². The molecule has 2 aromatic carbocycles. The number of rotatable bonds is 6. The van der Waals surface area contributed by atoms with Crippen LogP contribution in [0.2, 0.25) is 5.02 Å². The van der Waals surface area contributed by atoms with Crippen LogP contribution in [0.25, 0.3) is 0 Å². The van der Waals surface area contributed by atoms with Crippen molar-refractivity contribution in [2.45, 2.75) is 0 Å². The topological polar surface area (TPSA) is 85.4 Å². The lowest BCUT2D eigenvalue weighted by molar-refractivity contribution is 0.102. The molecule has 0 radical (unpaired) electrons. The van der Waals surface area contributed by atoms with Crippen LogP contribution >= 0.6 is 11.6 Å². The first-order chi connectivity index (χ1) is 13.1. The molecule has 0 bridgehead atoms. The van der Waals surface area contributed by atoms with Gasteiger partial charge in [0.2, 0.25) is 0 Å². The van der Waals surface area contributed by atoms with Crippen molar-refractivity contribution >= 4 is 34.7 Å². The smallest absolute Gasteiger partial charge is 0.274 e. The second-order valence-electron chi connectivity index (χ2n) is 5.44. The molecule has 0 unspecified atom stereocenters. The minimum absolute atomic E-state index is 0.225. The molecule has 0 saturated heterocycles. The van der Waals surface area contributed by atoms with Crippen LogP contribution in [0.15, 0.2) is 54.9 Å². The third-order valence-electron chi connectivity index (χ3n) is 3.66. The van der Waals surface area contributed by atoms with Gasteiger partial charge < -0.3 is 20.1 Å². The molecule has 0 atom stereocenters. The molecule has 0 fully saturated rings. The maximum atomic E-state index is 12.4. The summed E-state index contributed by atoms with van der Waals surface area (Å²) >= 11 is 5.85. The zero-order valence-corrected chi connectivity index (χ0v) is 15.4. The summed E-state index contributed by atoms with van der Waals surface area (Å²) in [6, 6.07) is 13.7. The number of nitrogens with zero attached hydrogens (tertiary/aromatic N) is 2. The van der Waals surface area contributed by atoms with E-state index in [0.717, 1.165) is 5.69 Å². The Morgan fingerprint density at radius 1 is 0.926 bits per heavy atom. The minimum atomic E-state index is -0.352. The summed E-state index contributed by atoms with van der Waals surface area (Å²) in [4.78, 5) is 20.6. The van der Waals surface area contributed by atoms with Crippen LogP contribution in [0.5, 0.6) is 11.5 Å². The molecule has 0 aliphatic heterocycles. The van der Waals surface area contributed by atoms with E-state index in [1.54, 1.807) is 56.7 Å². The summed E-state index contributed by atoms with van der Waals surface area (Å²) in [6.07, 6.45) is 1.32. The molecule has 138 valence electrons. The number of ether oxygens (including phenoxy) is 2. The van der Waals surface area contributed by atoms with Gasteiger partial charge in [0, 0.05) is 28.5 Å². The Kier molecular flexibility index (Phi) is 5.73. The van der Waals surface area contributed by atoms with Crippen molar-refractivity contribution in [3.05, 3.63) is 65.6 Å². The number of carbonyl (C=O) groups excluding carboxylic acids is 1. The van der Waals surface area contributed by atoms with Crippen LogP contribution in [0.4, 0.5) is 17.2 Å². The van der Waals surface area contributed by atoms with Gasteiger partial charge in [0.1, 0.15) is 17.8 Å². The van der Waals surface area contributed by atoms with Crippen LogP contribution in [0.3, 0.4) is 0 Å². The maximum Gasteiger partial charge on any atom is 0.274 e. The summed E-state index contributed by atoms with van der Waals surface area (Å²) in [5.41, 5.74) is 1.58. The quantitative estimate of drug-likeness (QED) is 0.664. The van der Waals surface area contributed by atoms with Gasteiger partial charge in [0.25, 0.3) is 5.91 Å². The lowest BCUT2D eigenvalue weighted by Crippen LogP contribution is -2.14. The lowest BCUT2D eigenvalue weighted by atomic mass is 10.2. The Balaban J connectivity index is 1.75. The van der Waals surface area contributed by atoms with E-state index in [1.165, 1.54) is 6.33 Å². The average molecular weight is 385 g/mol. The van der Waals surface area contributed by atoms with E-state index < -0.39 is 0 Å². The zero-order valence-electron chi connectivity index (χ0n) is 14.7. The van der Waals surface area contributed by atoms with Crippen LogP contribution in [0.1, 0.15) is 10.5 Å². The van der Waals surface area contributed by atoms with E-state index in [4.69, 9.17) is 21.1 Å². The SMILES string of the molecule is COc1ccc(Nc2cc(C(=O)Nc3ccc(Cl)cc3)ncn2)cc1OC. The van der Waals surface area contributed by atoms with Crippen molar-refractivity contribution in [1.82, 2.24) is 9.97 Å². The molecular weight excluding hydrogens is 368 g/mol. The Labute approximate surface area is 161 Å². The normalized spacial score (nSPS) is 10.2. The first-order valence-electron chi connectivity index (χ1n) is 7.97. The van der Waals surface area contributed by atoms with Crippen LogP contribution in [0, 0.1) is 0 Å². The number of anilines is 3. The van der Waals surface area contributed by atoms with Gasteiger partial charge in [-0.2, -0.15) is 0 Å². The standard InChI is InChI=1S/C19H17ClN4O3/c1-26-16-8-7-14(9-17(16)27-2)23-18-10-15(21-11-22-18)19(25)24-13-5-3-12(20)4-6-13/h3-11H,1-2H3,(H,24,25)(H,21,22,23). The second-order valence-corrected chi connectivity index (χ2v) is 5.88. The fourth-order valence-electron chi connectivity index (χ4n) is 2.34. The van der Waals surface area contributed by atoms with Crippen molar-refractivity contribution in [2.24, 2.45) is 0 Å². The molecular formula is C19H17ClN4O3. The fraction of sp³-hybridized carbons (Fsp3) is 0.105. The number of halogens is 1. The van der Waals surface area contributed by atoms with E-state index in [9.17, 15) is 4.79 Å². The van der Waals surface area contributed by atoms with Crippen LogP contribution in [-0.2, 0) is 0 Å². The predicted molar refractivity (Wildman–Crippen MR) is 104 cm³/mol. The third kappa shape index (κ3) is 4.65. The highest BCUT2D eigenvalue weighted by atomic mass is 35.5. The molecule has 3 aromatic rings. The number of methoxy groups -OCH3 is 2. The average Bonchev–Trinajstić information content (AvgIpc) is 2.69. The number of nitrogens with one attached hydrogen (secondary N) is 2. The van der Waals surface area contributed by atoms with Crippen LogP contribution < -0.4 is 20.1 Å². The van der Waals surface area contributed by atoms with Gasteiger partial charge in [0.15, 0.2) is 11.5 Å². The molecule has 3 rings (SSSR count). The molecule has 27 heavy (non-hydrogen) atoms. The Hall–Kier alpha value is -3.32.